The first kappa shape index (κ1) is 17.0. The first-order chi connectivity index (χ1) is 12.1. The molecule has 1 aliphatic heterocycles. The Morgan fingerprint density at radius 3 is 3.00 bits per heavy atom. The standard InChI is InChI=1S/C16H21N5O4/c1-25-16(24)19-10-4-6-12(19)14(22)17-8-5-11-21-15(23)20-9-3-2-7-13(20)18-21/h2-3,7,9,12H,4-6,8,10-11H2,1H3,(H,17,22). The number of hydrogen-bond acceptors (Lipinski definition) is 5. The predicted octanol–water partition coefficient (Wildman–Crippen LogP) is 0.233. The van der Waals surface area contributed by atoms with Crippen LogP contribution in [0.2, 0.25) is 0 Å². The average Bonchev–Trinajstić information content (AvgIpc) is 3.24. The number of fused-ring (bicyclic) bond motifs is 1. The average molecular weight is 347 g/mol. The van der Waals surface area contributed by atoms with Gasteiger partial charge in [-0.15, -0.1) is 5.10 Å². The Labute approximate surface area is 144 Å². The Kier molecular flexibility index (Phi) is 5.01. The van der Waals surface area contributed by atoms with Crippen LogP contribution in [0.4, 0.5) is 4.79 Å². The molecule has 2 aromatic heterocycles. The van der Waals surface area contributed by atoms with E-state index in [-0.39, 0.29) is 11.6 Å². The predicted molar refractivity (Wildman–Crippen MR) is 89.2 cm³/mol. The molecular formula is C16H21N5O4. The summed E-state index contributed by atoms with van der Waals surface area (Å²) < 4.78 is 7.56. The van der Waals surface area contributed by atoms with Crippen LogP contribution in [0.1, 0.15) is 19.3 Å². The van der Waals surface area contributed by atoms with E-state index in [1.807, 2.05) is 6.07 Å². The number of carbonyl (C=O) groups excluding carboxylic acids is 2. The fraction of sp³-hybridized carbons (Fsp3) is 0.500. The molecular weight excluding hydrogens is 326 g/mol. The second-order valence-corrected chi connectivity index (χ2v) is 5.90. The zero-order valence-electron chi connectivity index (χ0n) is 14.1. The summed E-state index contributed by atoms with van der Waals surface area (Å²) >= 11 is 0. The van der Waals surface area contributed by atoms with Gasteiger partial charge < -0.3 is 10.1 Å². The van der Waals surface area contributed by atoms with Gasteiger partial charge in [-0.3, -0.25) is 14.1 Å². The molecule has 9 nitrogen and oxygen atoms in total. The highest BCUT2D eigenvalue weighted by molar-refractivity contribution is 5.86. The number of ether oxygens (including phenoxy) is 1. The highest BCUT2D eigenvalue weighted by atomic mass is 16.5. The number of amides is 2. The molecule has 1 aliphatic rings. The maximum atomic E-state index is 12.2. The van der Waals surface area contributed by atoms with Gasteiger partial charge in [0.1, 0.15) is 6.04 Å². The van der Waals surface area contributed by atoms with Crippen molar-refractivity contribution in [3.63, 3.8) is 0 Å². The van der Waals surface area contributed by atoms with E-state index in [2.05, 4.69) is 10.4 Å². The van der Waals surface area contributed by atoms with E-state index in [1.54, 1.807) is 18.3 Å². The van der Waals surface area contributed by atoms with E-state index in [9.17, 15) is 14.4 Å². The fourth-order valence-electron chi connectivity index (χ4n) is 3.05. The second kappa shape index (κ2) is 7.37. The summed E-state index contributed by atoms with van der Waals surface area (Å²) in [5.41, 5.74) is 0.394. The maximum absolute atomic E-state index is 12.2. The van der Waals surface area contributed by atoms with Crippen LogP contribution >= 0.6 is 0 Å². The lowest BCUT2D eigenvalue weighted by molar-refractivity contribution is -0.125. The van der Waals surface area contributed by atoms with Gasteiger partial charge in [-0.2, -0.15) is 0 Å². The van der Waals surface area contributed by atoms with Crippen molar-refractivity contribution < 1.29 is 14.3 Å². The molecule has 134 valence electrons. The summed E-state index contributed by atoms with van der Waals surface area (Å²) in [5, 5.41) is 7.06. The van der Waals surface area contributed by atoms with Gasteiger partial charge in [-0.1, -0.05) is 6.07 Å². The Hall–Kier alpha value is -2.84. The van der Waals surface area contributed by atoms with Gasteiger partial charge in [0.25, 0.3) is 0 Å². The van der Waals surface area contributed by atoms with Crippen molar-refractivity contribution in [2.75, 3.05) is 20.2 Å². The number of aryl methyl sites for hydroxylation is 1. The lowest BCUT2D eigenvalue weighted by Gasteiger charge is -2.22. The Morgan fingerprint density at radius 2 is 2.24 bits per heavy atom. The van der Waals surface area contributed by atoms with Crippen molar-refractivity contribution in [2.45, 2.75) is 31.8 Å². The number of rotatable bonds is 5. The molecule has 1 unspecified atom stereocenters. The smallest absolute Gasteiger partial charge is 0.410 e. The normalized spacial score (nSPS) is 17.0. The van der Waals surface area contributed by atoms with Crippen molar-refractivity contribution in [1.29, 1.82) is 0 Å². The van der Waals surface area contributed by atoms with E-state index < -0.39 is 12.1 Å². The molecule has 1 atom stereocenters. The molecule has 9 heteroatoms. The first-order valence-electron chi connectivity index (χ1n) is 8.28. The van der Waals surface area contributed by atoms with Crippen LogP contribution in [-0.4, -0.2) is 57.3 Å². The molecule has 2 amide bonds. The fourth-order valence-corrected chi connectivity index (χ4v) is 3.05. The van der Waals surface area contributed by atoms with E-state index in [4.69, 9.17) is 4.74 Å². The van der Waals surface area contributed by atoms with Crippen molar-refractivity contribution in [1.82, 2.24) is 24.4 Å². The van der Waals surface area contributed by atoms with Gasteiger partial charge in [-0.25, -0.2) is 14.3 Å². The van der Waals surface area contributed by atoms with Crippen molar-refractivity contribution in [3.8, 4) is 0 Å². The Bertz CT molecular complexity index is 827. The van der Waals surface area contributed by atoms with Gasteiger partial charge in [0.2, 0.25) is 5.91 Å². The molecule has 0 bridgehead atoms. The molecule has 1 saturated heterocycles. The van der Waals surface area contributed by atoms with E-state index in [0.717, 1.165) is 6.42 Å². The first-order valence-corrected chi connectivity index (χ1v) is 8.28. The minimum Gasteiger partial charge on any atom is -0.453 e. The quantitative estimate of drug-likeness (QED) is 0.781. The molecule has 0 spiro atoms. The molecule has 1 fully saturated rings. The zero-order valence-corrected chi connectivity index (χ0v) is 14.1. The molecule has 1 N–H and O–H groups in total. The van der Waals surface area contributed by atoms with Gasteiger partial charge in [-0.05, 0) is 31.4 Å². The summed E-state index contributed by atoms with van der Waals surface area (Å²) in [6.45, 7) is 1.35. The number of hydrogen-bond donors (Lipinski definition) is 1. The van der Waals surface area contributed by atoms with Gasteiger partial charge in [0.15, 0.2) is 5.65 Å². The zero-order chi connectivity index (χ0) is 17.8. The third-order valence-electron chi connectivity index (χ3n) is 4.30. The summed E-state index contributed by atoms with van der Waals surface area (Å²) in [6.07, 6.45) is 3.18. The van der Waals surface area contributed by atoms with Crippen molar-refractivity contribution in [2.24, 2.45) is 0 Å². The number of methoxy groups -OCH3 is 1. The number of likely N-dealkylation sites (tertiary alicyclic amines) is 1. The van der Waals surface area contributed by atoms with Crippen LogP contribution in [0.3, 0.4) is 0 Å². The van der Waals surface area contributed by atoms with Crippen LogP contribution in [0.25, 0.3) is 5.65 Å². The lowest BCUT2D eigenvalue weighted by atomic mass is 10.2. The number of nitrogens with one attached hydrogen (secondary N) is 1. The molecule has 25 heavy (non-hydrogen) atoms. The summed E-state index contributed by atoms with van der Waals surface area (Å²) in [4.78, 5) is 37.5. The molecule has 2 aromatic rings. The van der Waals surface area contributed by atoms with Crippen molar-refractivity contribution >= 4 is 17.6 Å². The summed E-state index contributed by atoms with van der Waals surface area (Å²) in [6, 6.07) is 4.88. The molecule has 0 radical (unpaired) electrons. The monoisotopic (exact) mass is 347 g/mol. The third kappa shape index (κ3) is 3.49. The van der Waals surface area contributed by atoms with Gasteiger partial charge in [0, 0.05) is 25.8 Å². The molecule has 0 saturated carbocycles. The molecule has 0 aliphatic carbocycles. The van der Waals surface area contributed by atoms with Crippen LogP contribution in [-0.2, 0) is 16.1 Å². The molecule has 0 aromatic carbocycles. The van der Waals surface area contributed by atoms with Crippen LogP contribution in [0, 0.1) is 0 Å². The number of pyridine rings is 1. The second-order valence-electron chi connectivity index (χ2n) is 5.90. The van der Waals surface area contributed by atoms with Crippen LogP contribution in [0.15, 0.2) is 29.2 Å². The highest BCUT2D eigenvalue weighted by Gasteiger charge is 2.34. The Morgan fingerprint density at radius 1 is 1.40 bits per heavy atom. The van der Waals surface area contributed by atoms with Crippen LogP contribution < -0.4 is 11.0 Å². The topological polar surface area (TPSA) is 97.9 Å². The van der Waals surface area contributed by atoms with Crippen molar-refractivity contribution in [3.05, 3.63) is 34.9 Å². The van der Waals surface area contributed by atoms with Gasteiger partial charge >= 0.3 is 11.8 Å². The minimum absolute atomic E-state index is 0.190. The molecule has 3 heterocycles. The third-order valence-corrected chi connectivity index (χ3v) is 4.30. The number of carbonyl (C=O) groups is 2. The summed E-state index contributed by atoms with van der Waals surface area (Å²) in [7, 11) is 1.31. The lowest BCUT2D eigenvalue weighted by Crippen LogP contribution is -2.46. The largest absolute Gasteiger partial charge is 0.453 e. The number of aromatic nitrogens is 3. The minimum atomic E-state index is -0.481. The molecule has 3 rings (SSSR count). The maximum Gasteiger partial charge on any atom is 0.410 e. The number of nitrogens with zero attached hydrogens (tertiary/aromatic N) is 4. The van der Waals surface area contributed by atoms with Gasteiger partial charge in [0.05, 0.1) is 7.11 Å². The highest BCUT2D eigenvalue weighted by Crippen LogP contribution is 2.18. The Balaban J connectivity index is 1.51. The van der Waals surface area contributed by atoms with E-state index in [0.29, 0.717) is 38.1 Å². The summed E-state index contributed by atoms with van der Waals surface area (Å²) in [5.74, 6) is -0.190. The SMILES string of the molecule is COC(=O)N1CCCC1C(=O)NCCCn1nc2ccccn2c1=O. The van der Waals surface area contributed by atoms with E-state index >= 15 is 0 Å². The van der Waals surface area contributed by atoms with E-state index in [1.165, 1.54) is 21.1 Å². The van der Waals surface area contributed by atoms with Crippen LogP contribution in [0.5, 0.6) is 0 Å².